The Morgan fingerprint density at radius 2 is 1.38 bits per heavy atom. The number of rotatable bonds is 3. The lowest BCUT2D eigenvalue weighted by atomic mass is 10.2. The molecule has 0 aliphatic rings. The van der Waals surface area contributed by atoms with Gasteiger partial charge in [0.1, 0.15) is 0 Å². The second-order valence-electron chi connectivity index (χ2n) is 2.08. The van der Waals surface area contributed by atoms with Gasteiger partial charge in [-0.25, -0.2) is 0 Å². The molecule has 2 nitrogen and oxygen atoms in total. The van der Waals surface area contributed by atoms with Crippen LogP contribution < -0.4 is 0 Å². The zero-order valence-corrected chi connectivity index (χ0v) is 5.97. The van der Waals surface area contributed by atoms with Crippen molar-refractivity contribution in [1.29, 1.82) is 0 Å². The Bertz CT molecular complexity index is 48.5. The fourth-order valence-electron chi connectivity index (χ4n) is 0.641. The van der Waals surface area contributed by atoms with Gasteiger partial charge in [-0.3, -0.25) is 0 Å². The lowest BCUT2D eigenvalue weighted by Gasteiger charge is -2.16. The van der Waals surface area contributed by atoms with Crippen molar-refractivity contribution in [2.24, 2.45) is 5.92 Å². The van der Waals surface area contributed by atoms with E-state index in [4.69, 9.17) is 9.47 Å². The summed E-state index contributed by atoms with van der Waals surface area (Å²) in [6.07, 6.45) is -0.0463. The lowest BCUT2D eigenvalue weighted by Crippen LogP contribution is -2.19. The van der Waals surface area contributed by atoms with Crippen LogP contribution in [-0.4, -0.2) is 20.5 Å². The van der Waals surface area contributed by atoms with Gasteiger partial charge in [-0.2, -0.15) is 0 Å². The van der Waals surface area contributed by atoms with Gasteiger partial charge in [0.05, 0.1) is 0 Å². The Morgan fingerprint density at radius 1 is 1.00 bits per heavy atom. The summed E-state index contributed by atoms with van der Waals surface area (Å²) in [6, 6.07) is 0. The van der Waals surface area contributed by atoms with Crippen LogP contribution in [-0.2, 0) is 9.47 Å². The molecule has 0 amide bonds. The van der Waals surface area contributed by atoms with Crippen LogP contribution in [0.3, 0.4) is 0 Å². The summed E-state index contributed by atoms with van der Waals surface area (Å²) in [5, 5.41) is 0. The van der Waals surface area contributed by atoms with Gasteiger partial charge < -0.3 is 9.47 Å². The third-order valence-electron chi connectivity index (χ3n) is 1.01. The Hall–Kier alpha value is -0.0800. The molecule has 0 fully saturated rings. The summed E-state index contributed by atoms with van der Waals surface area (Å²) in [7, 11) is 3.29. The first-order chi connectivity index (χ1) is 3.72. The molecule has 0 aliphatic carbocycles. The van der Waals surface area contributed by atoms with Gasteiger partial charge in [-0.15, -0.1) is 0 Å². The van der Waals surface area contributed by atoms with Crippen LogP contribution in [0.15, 0.2) is 0 Å². The van der Waals surface area contributed by atoms with Crippen molar-refractivity contribution in [1.82, 2.24) is 0 Å². The van der Waals surface area contributed by atoms with Gasteiger partial charge in [0.15, 0.2) is 6.29 Å². The standard InChI is InChI=1S/C6H14O2/c1-5(2)6(7-3)8-4/h5-6H,1-4H3. The average molecular weight is 118 g/mol. The van der Waals surface area contributed by atoms with Crippen LogP contribution in [0.25, 0.3) is 0 Å². The van der Waals surface area contributed by atoms with E-state index in [0.717, 1.165) is 0 Å². The minimum Gasteiger partial charge on any atom is -0.356 e. The van der Waals surface area contributed by atoms with E-state index >= 15 is 0 Å². The third-order valence-corrected chi connectivity index (χ3v) is 1.01. The van der Waals surface area contributed by atoms with Crippen LogP contribution in [0.1, 0.15) is 13.8 Å². The molecule has 2 heteroatoms. The van der Waals surface area contributed by atoms with Gasteiger partial charge in [0, 0.05) is 20.1 Å². The molecule has 0 saturated heterocycles. The number of hydrogen-bond acceptors (Lipinski definition) is 2. The van der Waals surface area contributed by atoms with E-state index in [1.54, 1.807) is 14.2 Å². The fraction of sp³-hybridized carbons (Fsp3) is 1.00. The Kier molecular flexibility index (Phi) is 3.83. The topological polar surface area (TPSA) is 18.5 Å². The molecule has 0 radical (unpaired) electrons. The molecule has 0 aromatic carbocycles. The van der Waals surface area contributed by atoms with Gasteiger partial charge in [-0.1, -0.05) is 13.8 Å². The third kappa shape index (κ3) is 2.28. The molecule has 0 spiro atoms. The van der Waals surface area contributed by atoms with Gasteiger partial charge >= 0.3 is 0 Å². The molecule has 0 heterocycles. The van der Waals surface area contributed by atoms with E-state index in [1.807, 2.05) is 0 Å². The molecule has 0 aliphatic heterocycles. The van der Waals surface area contributed by atoms with Crippen molar-refractivity contribution in [3.05, 3.63) is 0 Å². The summed E-state index contributed by atoms with van der Waals surface area (Å²) in [5.41, 5.74) is 0. The van der Waals surface area contributed by atoms with Gasteiger partial charge in [0.2, 0.25) is 0 Å². The lowest BCUT2D eigenvalue weighted by molar-refractivity contribution is -0.128. The highest BCUT2D eigenvalue weighted by atomic mass is 16.7. The van der Waals surface area contributed by atoms with Crippen LogP contribution in [0.4, 0.5) is 0 Å². The Labute approximate surface area is 50.8 Å². The van der Waals surface area contributed by atoms with E-state index < -0.39 is 0 Å². The summed E-state index contributed by atoms with van der Waals surface area (Å²) in [5.74, 6) is 0.435. The highest BCUT2D eigenvalue weighted by molar-refractivity contribution is 4.46. The second kappa shape index (κ2) is 3.87. The minimum absolute atomic E-state index is 0.0463. The van der Waals surface area contributed by atoms with E-state index in [0.29, 0.717) is 5.92 Å². The summed E-state index contributed by atoms with van der Waals surface area (Å²) >= 11 is 0. The number of hydrogen-bond donors (Lipinski definition) is 0. The Balaban J connectivity index is 3.35. The smallest absolute Gasteiger partial charge is 0.159 e. The largest absolute Gasteiger partial charge is 0.356 e. The van der Waals surface area contributed by atoms with Crippen LogP contribution in [0, 0.1) is 5.92 Å². The molecule has 0 aromatic heterocycles. The van der Waals surface area contributed by atoms with E-state index in [2.05, 4.69) is 13.8 Å². The molecular formula is C6H14O2. The van der Waals surface area contributed by atoms with Crippen molar-refractivity contribution < 1.29 is 9.47 Å². The molecule has 8 heavy (non-hydrogen) atoms. The van der Waals surface area contributed by atoms with E-state index in [9.17, 15) is 0 Å². The number of methoxy groups -OCH3 is 2. The van der Waals surface area contributed by atoms with E-state index in [-0.39, 0.29) is 6.29 Å². The molecular weight excluding hydrogens is 104 g/mol. The van der Waals surface area contributed by atoms with Crippen LogP contribution >= 0.6 is 0 Å². The first-order valence-electron chi connectivity index (χ1n) is 2.78. The minimum atomic E-state index is -0.0463. The maximum absolute atomic E-state index is 4.94. The summed E-state index contributed by atoms with van der Waals surface area (Å²) in [4.78, 5) is 0. The van der Waals surface area contributed by atoms with Crippen molar-refractivity contribution in [3.63, 3.8) is 0 Å². The molecule has 50 valence electrons. The summed E-state index contributed by atoms with van der Waals surface area (Å²) < 4.78 is 9.88. The second-order valence-corrected chi connectivity index (χ2v) is 2.08. The molecule has 0 bridgehead atoms. The van der Waals surface area contributed by atoms with Crippen molar-refractivity contribution in [2.45, 2.75) is 20.1 Å². The normalized spacial score (nSPS) is 11.2. The van der Waals surface area contributed by atoms with Gasteiger partial charge in [0.25, 0.3) is 0 Å². The molecule has 0 aromatic rings. The first kappa shape index (κ1) is 7.92. The molecule has 0 atom stereocenters. The highest BCUT2D eigenvalue weighted by Gasteiger charge is 2.08. The van der Waals surface area contributed by atoms with E-state index in [1.165, 1.54) is 0 Å². The summed E-state index contributed by atoms with van der Waals surface area (Å²) in [6.45, 7) is 4.11. The van der Waals surface area contributed by atoms with Crippen LogP contribution in [0.2, 0.25) is 0 Å². The highest BCUT2D eigenvalue weighted by Crippen LogP contribution is 2.04. The zero-order valence-electron chi connectivity index (χ0n) is 5.97. The monoisotopic (exact) mass is 118 g/mol. The van der Waals surface area contributed by atoms with Crippen molar-refractivity contribution in [3.8, 4) is 0 Å². The predicted molar refractivity (Wildman–Crippen MR) is 32.6 cm³/mol. The van der Waals surface area contributed by atoms with Crippen molar-refractivity contribution in [2.75, 3.05) is 14.2 Å². The Morgan fingerprint density at radius 3 is 1.38 bits per heavy atom. The predicted octanol–water partition coefficient (Wildman–Crippen LogP) is 1.26. The molecule has 0 N–H and O–H groups in total. The average Bonchev–Trinajstić information content (AvgIpc) is 1.69. The molecule has 0 saturated carbocycles. The zero-order chi connectivity index (χ0) is 6.57. The maximum Gasteiger partial charge on any atom is 0.159 e. The number of ether oxygens (including phenoxy) is 2. The fourth-order valence-corrected chi connectivity index (χ4v) is 0.641. The molecule has 0 unspecified atom stereocenters. The molecule has 0 rings (SSSR count). The first-order valence-corrected chi connectivity index (χ1v) is 2.78. The van der Waals surface area contributed by atoms with Crippen LogP contribution in [0.5, 0.6) is 0 Å². The SMILES string of the molecule is COC(OC)C(C)C. The quantitative estimate of drug-likeness (QED) is 0.519. The van der Waals surface area contributed by atoms with Gasteiger partial charge in [-0.05, 0) is 0 Å². The maximum atomic E-state index is 4.94. The van der Waals surface area contributed by atoms with Crippen molar-refractivity contribution >= 4 is 0 Å².